The number of carbonyl (C=O) groups is 1. The van der Waals surface area contributed by atoms with Gasteiger partial charge < -0.3 is 10.2 Å². The van der Waals surface area contributed by atoms with Gasteiger partial charge in [-0.2, -0.15) is 0 Å². The van der Waals surface area contributed by atoms with Crippen LogP contribution in [0.2, 0.25) is 0 Å². The van der Waals surface area contributed by atoms with Crippen LogP contribution in [0.5, 0.6) is 0 Å². The normalized spacial score (nSPS) is 22.8. The molecule has 0 aliphatic carbocycles. The highest BCUT2D eigenvalue weighted by molar-refractivity contribution is 5.94. The van der Waals surface area contributed by atoms with Crippen LogP contribution < -0.4 is 5.32 Å². The molecule has 1 aromatic carbocycles. The number of carbonyl (C=O) groups excluding carboxylic acids is 1. The average molecular weight is 341 g/mol. The van der Waals surface area contributed by atoms with E-state index >= 15 is 0 Å². The number of nitrogens with one attached hydrogen (secondary N) is 1. The Morgan fingerprint density at radius 1 is 1.09 bits per heavy atom. The fraction of sp³-hybridized carbons (Fsp3) is 0.400. The molecule has 4 rings (SSSR count). The molecular weight excluding hydrogens is 323 g/mol. The van der Waals surface area contributed by atoms with Crippen LogP contribution >= 0.6 is 24.8 Å². The van der Waals surface area contributed by atoms with E-state index in [0.29, 0.717) is 17.5 Å². The second-order valence-electron chi connectivity index (χ2n) is 5.63. The first-order valence-corrected chi connectivity index (χ1v) is 7.03. The Morgan fingerprint density at radius 2 is 1.73 bits per heavy atom. The first-order valence-electron chi connectivity index (χ1n) is 7.03. The summed E-state index contributed by atoms with van der Waals surface area (Å²) in [7, 11) is 0. The van der Waals surface area contributed by atoms with Gasteiger partial charge in [0.1, 0.15) is 5.69 Å². The van der Waals surface area contributed by atoms with Gasteiger partial charge in [0.2, 0.25) is 0 Å². The molecular formula is C15H18Cl2N4O. The molecule has 7 heteroatoms. The quantitative estimate of drug-likeness (QED) is 0.859. The molecule has 1 amide bonds. The average Bonchev–Trinajstić information content (AvgIpc) is 3.07. The Balaban J connectivity index is 0.000000882. The van der Waals surface area contributed by atoms with E-state index < -0.39 is 0 Å². The van der Waals surface area contributed by atoms with Gasteiger partial charge in [-0.25, -0.2) is 4.98 Å². The minimum absolute atomic E-state index is 0. The molecule has 0 spiro atoms. The second-order valence-corrected chi connectivity index (χ2v) is 5.63. The largest absolute Gasteiger partial charge is 0.337 e. The van der Waals surface area contributed by atoms with Crippen molar-refractivity contribution in [2.24, 2.45) is 11.8 Å². The second kappa shape index (κ2) is 6.77. The van der Waals surface area contributed by atoms with E-state index in [-0.39, 0.29) is 30.7 Å². The molecule has 5 nitrogen and oxygen atoms in total. The van der Waals surface area contributed by atoms with Crippen molar-refractivity contribution in [2.75, 3.05) is 26.2 Å². The van der Waals surface area contributed by atoms with Gasteiger partial charge in [-0.3, -0.25) is 9.78 Å². The van der Waals surface area contributed by atoms with Crippen molar-refractivity contribution in [1.29, 1.82) is 0 Å². The zero-order valence-electron chi connectivity index (χ0n) is 11.9. The maximum absolute atomic E-state index is 12.5. The summed E-state index contributed by atoms with van der Waals surface area (Å²) in [5.74, 6) is 1.22. The summed E-state index contributed by atoms with van der Waals surface area (Å²) in [6, 6.07) is 7.63. The number of hydrogen-bond donors (Lipinski definition) is 1. The lowest BCUT2D eigenvalue weighted by atomic mass is 10.0. The molecule has 2 aliphatic heterocycles. The van der Waals surface area contributed by atoms with Crippen LogP contribution in [0.1, 0.15) is 10.5 Å². The number of hydrogen-bond acceptors (Lipinski definition) is 4. The first-order chi connectivity index (χ1) is 9.81. The lowest BCUT2D eigenvalue weighted by molar-refractivity contribution is 0.0776. The summed E-state index contributed by atoms with van der Waals surface area (Å²) in [6.45, 7) is 3.73. The number of para-hydroxylation sites is 2. The SMILES string of the molecule is Cl.Cl.O=C(c1cnc2ccccc2n1)N1C[C@H]2CNC[C@H]2C1. The van der Waals surface area contributed by atoms with Gasteiger partial charge >= 0.3 is 0 Å². The maximum atomic E-state index is 12.5. The highest BCUT2D eigenvalue weighted by Crippen LogP contribution is 2.27. The lowest BCUT2D eigenvalue weighted by Crippen LogP contribution is -2.32. The monoisotopic (exact) mass is 340 g/mol. The fourth-order valence-corrected chi connectivity index (χ4v) is 3.24. The van der Waals surface area contributed by atoms with Crippen molar-refractivity contribution in [2.45, 2.75) is 0 Å². The van der Waals surface area contributed by atoms with Crippen LogP contribution in [-0.4, -0.2) is 47.0 Å². The molecule has 0 saturated carbocycles. The van der Waals surface area contributed by atoms with Crippen LogP contribution in [-0.2, 0) is 0 Å². The molecule has 1 N–H and O–H groups in total. The topological polar surface area (TPSA) is 58.1 Å². The summed E-state index contributed by atoms with van der Waals surface area (Å²) >= 11 is 0. The zero-order chi connectivity index (χ0) is 13.5. The summed E-state index contributed by atoms with van der Waals surface area (Å²) in [6.07, 6.45) is 1.59. The number of likely N-dealkylation sites (tertiary alicyclic amines) is 1. The molecule has 2 saturated heterocycles. The van der Waals surface area contributed by atoms with E-state index in [1.54, 1.807) is 6.20 Å². The van der Waals surface area contributed by atoms with Crippen molar-refractivity contribution >= 4 is 41.8 Å². The number of nitrogens with zero attached hydrogens (tertiary/aromatic N) is 3. The minimum atomic E-state index is 0. The van der Waals surface area contributed by atoms with Crippen molar-refractivity contribution in [3.63, 3.8) is 0 Å². The van der Waals surface area contributed by atoms with Crippen molar-refractivity contribution in [1.82, 2.24) is 20.2 Å². The summed E-state index contributed by atoms with van der Waals surface area (Å²) < 4.78 is 0. The van der Waals surface area contributed by atoms with Crippen LogP contribution in [0.4, 0.5) is 0 Å². The third-order valence-electron chi connectivity index (χ3n) is 4.34. The van der Waals surface area contributed by atoms with E-state index in [1.165, 1.54) is 0 Å². The smallest absolute Gasteiger partial charge is 0.274 e. The molecule has 0 bridgehead atoms. The number of fused-ring (bicyclic) bond motifs is 2. The number of amides is 1. The molecule has 2 fully saturated rings. The molecule has 0 radical (unpaired) electrons. The standard InChI is InChI=1S/C15H16N4O.2ClH/c20-15(19-8-10-5-16-6-11(10)9-19)14-7-17-12-3-1-2-4-13(12)18-14;;/h1-4,7,10-11,16H,5-6,8-9H2;2*1H/t10-,11+;;. The van der Waals surface area contributed by atoms with Gasteiger partial charge in [0.25, 0.3) is 5.91 Å². The minimum Gasteiger partial charge on any atom is -0.337 e. The molecule has 118 valence electrons. The number of benzene rings is 1. The lowest BCUT2D eigenvalue weighted by Gasteiger charge is -2.16. The molecule has 2 aliphatic rings. The van der Waals surface area contributed by atoms with Crippen molar-refractivity contribution in [3.05, 3.63) is 36.2 Å². The summed E-state index contributed by atoms with van der Waals surface area (Å²) in [4.78, 5) is 23.2. The molecule has 2 atom stereocenters. The van der Waals surface area contributed by atoms with Crippen molar-refractivity contribution in [3.8, 4) is 0 Å². The van der Waals surface area contributed by atoms with Gasteiger partial charge in [-0.15, -0.1) is 24.8 Å². The van der Waals surface area contributed by atoms with E-state index in [9.17, 15) is 4.79 Å². The van der Waals surface area contributed by atoms with Gasteiger partial charge in [0, 0.05) is 26.2 Å². The molecule has 0 unspecified atom stereocenters. The predicted molar refractivity (Wildman–Crippen MR) is 89.8 cm³/mol. The highest BCUT2D eigenvalue weighted by atomic mass is 35.5. The fourth-order valence-electron chi connectivity index (χ4n) is 3.24. The van der Waals surface area contributed by atoms with Gasteiger partial charge in [-0.05, 0) is 24.0 Å². The Kier molecular flexibility index (Phi) is 5.21. The van der Waals surface area contributed by atoms with Crippen LogP contribution in [0.25, 0.3) is 11.0 Å². The number of rotatable bonds is 1. The van der Waals surface area contributed by atoms with Crippen molar-refractivity contribution < 1.29 is 4.79 Å². The number of halogens is 2. The maximum Gasteiger partial charge on any atom is 0.274 e. The number of aromatic nitrogens is 2. The molecule has 2 aromatic rings. The highest BCUT2D eigenvalue weighted by Gasteiger charge is 2.38. The van der Waals surface area contributed by atoms with Gasteiger partial charge in [-0.1, -0.05) is 12.1 Å². The van der Waals surface area contributed by atoms with E-state index in [2.05, 4.69) is 15.3 Å². The zero-order valence-corrected chi connectivity index (χ0v) is 13.6. The van der Waals surface area contributed by atoms with Crippen LogP contribution in [0.3, 0.4) is 0 Å². The van der Waals surface area contributed by atoms with Gasteiger partial charge in [0.05, 0.1) is 17.2 Å². The van der Waals surface area contributed by atoms with E-state index in [0.717, 1.165) is 37.2 Å². The first kappa shape index (κ1) is 16.9. The summed E-state index contributed by atoms with van der Waals surface area (Å²) in [5, 5.41) is 3.38. The van der Waals surface area contributed by atoms with Crippen LogP contribution in [0.15, 0.2) is 30.5 Å². The Hall–Kier alpha value is -1.43. The third kappa shape index (κ3) is 2.89. The molecule has 3 heterocycles. The third-order valence-corrected chi connectivity index (χ3v) is 4.34. The predicted octanol–water partition coefficient (Wildman–Crippen LogP) is 1.76. The Morgan fingerprint density at radius 3 is 2.41 bits per heavy atom. The van der Waals surface area contributed by atoms with Crippen LogP contribution in [0, 0.1) is 11.8 Å². The summed E-state index contributed by atoms with van der Waals surface area (Å²) in [5.41, 5.74) is 2.06. The molecule has 22 heavy (non-hydrogen) atoms. The van der Waals surface area contributed by atoms with Gasteiger partial charge in [0.15, 0.2) is 0 Å². The molecule has 1 aromatic heterocycles. The van der Waals surface area contributed by atoms with E-state index in [1.807, 2.05) is 29.2 Å². The Bertz CT molecular complexity index is 669. The Labute approximate surface area is 141 Å². The van der Waals surface area contributed by atoms with E-state index in [4.69, 9.17) is 0 Å².